The first-order valence-corrected chi connectivity index (χ1v) is 14.1. The zero-order valence-electron chi connectivity index (χ0n) is 23.3. The number of ketones is 1. The first-order valence-electron chi connectivity index (χ1n) is 14.1. The summed E-state index contributed by atoms with van der Waals surface area (Å²) in [6, 6.07) is 0. The van der Waals surface area contributed by atoms with Crippen molar-refractivity contribution in [2.24, 2.45) is 50.2 Å². The summed E-state index contributed by atoms with van der Waals surface area (Å²) in [5, 5.41) is 54.4. The van der Waals surface area contributed by atoms with Crippen molar-refractivity contribution in [1.82, 2.24) is 0 Å². The lowest BCUT2D eigenvalue weighted by molar-refractivity contribution is -0.241. The SMILES string of the molecule is CC1(C)CC[C@]2(C(=O)O)CC[C@]3(C)C(=CC(=O)[C@@H]4[C@@]5(C)C[C@@H](O)[C@H](O)C(C)(CO)C5CC[C@]43C)[C@H]2[C@@H]1O. The molecule has 0 aromatic rings. The van der Waals surface area contributed by atoms with Crippen molar-refractivity contribution in [3.05, 3.63) is 11.6 Å². The highest BCUT2D eigenvalue weighted by atomic mass is 16.4. The van der Waals surface area contributed by atoms with Crippen molar-refractivity contribution in [1.29, 1.82) is 0 Å². The fourth-order valence-electron chi connectivity index (χ4n) is 10.6. The van der Waals surface area contributed by atoms with Crippen LogP contribution in [0.2, 0.25) is 0 Å². The maximum Gasteiger partial charge on any atom is 0.310 e. The van der Waals surface area contributed by atoms with Gasteiger partial charge in [-0.1, -0.05) is 47.1 Å². The highest BCUT2D eigenvalue weighted by Gasteiger charge is 2.73. The Morgan fingerprint density at radius 1 is 0.946 bits per heavy atom. The van der Waals surface area contributed by atoms with Crippen molar-refractivity contribution >= 4 is 11.8 Å². The summed E-state index contributed by atoms with van der Waals surface area (Å²) < 4.78 is 0. The summed E-state index contributed by atoms with van der Waals surface area (Å²) in [7, 11) is 0. The fraction of sp³-hybridized carbons (Fsp3) is 0.867. The van der Waals surface area contributed by atoms with E-state index in [1.807, 2.05) is 27.7 Å². The average molecular weight is 519 g/mol. The molecule has 0 aromatic carbocycles. The van der Waals surface area contributed by atoms with Crippen LogP contribution in [0.1, 0.15) is 86.5 Å². The number of hydrogen-bond donors (Lipinski definition) is 5. The van der Waals surface area contributed by atoms with Crippen LogP contribution in [0.15, 0.2) is 11.6 Å². The van der Waals surface area contributed by atoms with Gasteiger partial charge in [0, 0.05) is 17.3 Å². The Kier molecular flexibility index (Phi) is 5.82. The molecule has 5 rings (SSSR count). The standard InChI is InChI=1S/C30H46O7/c1-25(2)9-11-30(24(36)37)12-10-28(5)16(20(30)23(25)35)13-17(32)21-26(3)14-18(33)22(34)27(4,15-31)19(26)7-8-29(21,28)6/h13,18-23,31,33-35H,7-12,14-15H2,1-6H3,(H,36,37)/t18-,19?,20+,21-,22+,23+,26+,27?,28-,29-,30+/m1/s1. The molecule has 5 aliphatic carbocycles. The quantitative estimate of drug-likeness (QED) is 0.378. The third kappa shape index (κ3) is 3.09. The Hall–Kier alpha value is -1.28. The third-order valence-electron chi connectivity index (χ3n) is 13.1. The monoisotopic (exact) mass is 518 g/mol. The second kappa shape index (κ2) is 7.89. The number of carboxylic acid groups (broad SMARTS) is 1. The van der Waals surface area contributed by atoms with E-state index >= 15 is 0 Å². The second-order valence-electron chi connectivity index (χ2n) is 15.0. The maximum atomic E-state index is 14.3. The molecule has 0 aliphatic heterocycles. The number of allylic oxidation sites excluding steroid dienone is 1. The summed E-state index contributed by atoms with van der Waals surface area (Å²) >= 11 is 0. The van der Waals surface area contributed by atoms with Gasteiger partial charge in [0.25, 0.3) is 0 Å². The highest BCUT2D eigenvalue weighted by Crippen LogP contribution is 2.75. The Balaban J connectivity index is 1.69. The molecule has 0 spiro atoms. The van der Waals surface area contributed by atoms with Gasteiger partial charge in [-0.05, 0) is 78.6 Å². The molecule has 37 heavy (non-hydrogen) atoms. The van der Waals surface area contributed by atoms with Crippen LogP contribution < -0.4 is 0 Å². The fourth-order valence-corrected chi connectivity index (χ4v) is 10.6. The summed E-state index contributed by atoms with van der Waals surface area (Å²) in [6.45, 7) is 11.9. The molecule has 4 saturated carbocycles. The van der Waals surface area contributed by atoms with E-state index in [0.29, 0.717) is 38.5 Å². The van der Waals surface area contributed by atoms with Crippen LogP contribution in [0.3, 0.4) is 0 Å². The molecule has 7 nitrogen and oxygen atoms in total. The Morgan fingerprint density at radius 3 is 2.16 bits per heavy atom. The molecule has 0 aromatic heterocycles. The Labute approximate surface area is 220 Å². The van der Waals surface area contributed by atoms with E-state index in [4.69, 9.17) is 0 Å². The van der Waals surface area contributed by atoms with E-state index in [1.165, 1.54) is 0 Å². The van der Waals surface area contributed by atoms with Gasteiger partial charge < -0.3 is 25.5 Å². The van der Waals surface area contributed by atoms with E-state index in [0.717, 1.165) is 5.57 Å². The lowest BCUT2D eigenvalue weighted by Gasteiger charge is -2.71. The van der Waals surface area contributed by atoms with Gasteiger partial charge in [0.15, 0.2) is 5.78 Å². The van der Waals surface area contributed by atoms with E-state index in [1.54, 1.807) is 6.08 Å². The molecule has 7 heteroatoms. The minimum Gasteiger partial charge on any atom is -0.481 e. The van der Waals surface area contributed by atoms with Crippen molar-refractivity contribution in [2.45, 2.75) is 105 Å². The number of aliphatic hydroxyl groups excluding tert-OH is 4. The summed E-state index contributed by atoms with van der Waals surface area (Å²) in [5.41, 5.74) is -3.30. The number of hydrogen-bond acceptors (Lipinski definition) is 6. The van der Waals surface area contributed by atoms with Crippen LogP contribution in [0.4, 0.5) is 0 Å². The second-order valence-corrected chi connectivity index (χ2v) is 15.0. The number of aliphatic hydroxyl groups is 4. The molecule has 0 saturated heterocycles. The van der Waals surface area contributed by atoms with Crippen LogP contribution in [-0.4, -0.2) is 62.2 Å². The number of carbonyl (C=O) groups is 2. The summed E-state index contributed by atoms with van der Waals surface area (Å²) in [6.07, 6.45) is 2.56. The van der Waals surface area contributed by atoms with Crippen LogP contribution in [0, 0.1) is 50.2 Å². The van der Waals surface area contributed by atoms with Gasteiger partial charge in [-0.2, -0.15) is 0 Å². The first-order chi connectivity index (χ1) is 17.0. The molecule has 4 fully saturated rings. The summed E-state index contributed by atoms with van der Waals surface area (Å²) in [4.78, 5) is 27.1. The molecule has 208 valence electrons. The number of carbonyl (C=O) groups excluding carboxylic acids is 1. The molecular formula is C30H46O7. The van der Waals surface area contributed by atoms with Crippen molar-refractivity contribution in [3.8, 4) is 0 Å². The zero-order valence-corrected chi connectivity index (χ0v) is 23.3. The van der Waals surface area contributed by atoms with E-state index in [9.17, 15) is 35.1 Å². The minimum atomic E-state index is -1.08. The molecule has 0 bridgehead atoms. The van der Waals surface area contributed by atoms with Gasteiger partial charge in [0.1, 0.15) is 0 Å². The Morgan fingerprint density at radius 2 is 1.57 bits per heavy atom. The molecule has 0 radical (unpaired) electrons. The largest absolute Gasteiger partial charge is 0.481 e. The van der Waals surface area contributed by atoms with Crippen molar-refractivity contribution < 1.29 is 35.1 Å². The highest BCUT2D eigenvalue weighted by molar-refractivity contribution is 5.96. The van der Waals surface area contributed by atoms with Crippen LogP contribution >= 0.6 is 0 Å². The average Bonchev–Trinajstić information content (AvgIpc) is 2.80. The predicted octanol–water partition coefficient (Wildman–Crippen LogP) is 3.33. The summed E-state index contributed by atoms with van der Waals surface area (Å²) in [5.74, 6) is -2.16. The van der Waals surface area contributed by atoms with Gasteiger partial charge in [0.2, 0.25) is 0 Å². The first kappa shape index (κ1) is 27.3. The predicted molar refractivity (Wildman–Crippen MR) is 137 cm³/mol. The van der Waals surface area contributed by atoms with Crippen LogP contribution in [0.25, 0.3) is 0 Å². The molecule has 2 unspecified atom stereocenters. The molecule has 5 N–H and O–H groups in total. The van der Waals surface area contributed by atoms with Gasteiger partial charge in [-0.3, -0.25) is 9.59 Å². The van der Waals surface area contributed by atoms with E-state index < -0.39 is 68.6 Å². The topological polar surface area (TPSA) is 135 Å². The number of carboxylic acids is 1. The van der Waals surface area contributed by atoms with E-state index in [2.05, 4.69) is 13.8 Å². The molecule has 11 atom stereocenters. The number of rotatable bonds is 2. The normalized spacial score (nSPS) is 54.8. The van der Waals surface area contributed by atoms with Gasteiger partial charge in [0.05, 0.1) is 30.3 Å². The van der Waals surface area contributed by atoms with Gasteiger partial charge >= 0.3 is 5.97 Å². The smallest absolute Gasteiger partial charge is 0.310 e. The van der Waals surface area contributed by atoms with Crippen LogP contribution in [0.5, 0.6) is 0 Å². The third-order valence-corrected chi connectivity index (χ3v) is 13.1. The Bertz CT molecular complexity index is 1050. The molecule has 5 aliphatic rings. The lowest BCUT2D eigenvalue weighted by Crippen LogP contribution is -2.70. The minimum absolute atomic E-state index is 0.0668. The molecule has 0 heterocycles. The van der Waals surface area contributed by atoms with E-state index in [-0.39, 0.29) is 24.7 Å². The van der Waals surface area contributed by atoms with Crippen LogP contribution in [-0.2, 0) is 9.59 Å². The lowest BCUT2D eigenvalue weighted by atomic mass is 9.33. The van der Waals surface area contributed by atoms with Crippen molar-refractivity contribution in [3.63, 3.8) is 0 Å². The zero-order chi connectivity index (χ0) is 27.6. The maximum absolute atomic E-state index is 14.3. The molecule has 0 amide bonds. The molecular weight excluding hydrogens is 472 g/mol. The van der Waals surface area contributed by atoms with Gasteiger partial charge in [-0.25, -0.2) is 0 Å². The number of fused-ring (bicyclic) bond motifs is 7. The van der Waals surface area contributed by atoms with Gasteiger partial charge in [-0.15, -0.1) is 0 Å². The number of aliphatic carboxylic acids is 1. The van der Waals surface area contributed by atoms with Crippen molar-refractivity contribution in [2.75, 3.05) is 6.61 Å².